The molecule has 0 fully saturated rings. The van der Waals surface area contributed by atoms with Crippen LogP contribution in [0.1, 0.15) is 27.0 Å². The summed E-state index contributed by atoms with van der Waals surface area (Å²) in [5.41, 5.74) is 4.43. The molecule has 0 aliphatic heterocycles. The van der Waals surface area contributed by atoms with Crippen molar-refractivity contribution in [2.45, 2.75) is 25.5 Å². The van der Waals surface area contributed by atoms with Crippen molar-refractivity contribution in [3.05, 3.63) is 99.3 Å². The number of carbonyl (C=O) groups is 1. The zero-order chi connectivity index (χ0) is 23.4. The van der Waals surface area contributed by atoms with Gasteiger partial charge in [-0.25, -0.2) is 4.98 Å². The Morgan fingerprint density at radius 3 is 2.48 bits per heavy atom. The molecule has 0 spiro atoms. The maximum atomic E-state index is 13.3. The number of hydrogen-bond acceptors (Lipinski definition) is 5. The predicted molar refractivity (Wildman–Crippen MR) is 132 cm³/mol. The standard InChI is InChI=1S/C26H22N4O2S/c1-17-12-18(2)14-21(13-17)28-24(31)20-8-9-22-23(15-20)29-26(33-11-10-27)30(25(22)32)16-19-6-4-3-5-7-19/h3-9,12-15H,11,16H2,1-2H3,(H,28,31). The van der Waals surface area contributed by atoms with Gasteiger partial charge in [0.1, 0.15) is 0 Å². The zero-order valence-electron chi connectivity index (χ0n) is 18.3. The highest BCUT2D eigenvalue weighted by atomic mass is 32.2. The monoisotopic (exact) mass is 454 g/mol. The number of benzene rings is 3. The third-order valence-corrected chi connectivity index (χ3v) is 5.95. The van der Waals surface area contributed by atoms with Crippen LogP contribution in [-0.4, -0.2) is 21.2 Å². The molecule has 4 rings (SSSR count). The fourth-order valence-corrected chi connectivity index (χ4v) is 4.36. The van der Waals surface area contributed by atoms with Gasteiger partial charge in [-0.3, -0.25) is 14.2 Å². The van der Waals surface area contributed by atoms with E-state index in [1.165, 1.54) is 11.8 Å². The largest absolute Gasteiger partial charge is 0.322 e. The number of rotatable bonds is 6. The average molecular weight is 455 g/mol. The van der Waals surface area contributed by atoms with Gasteiger partial charge in [-0.15, -0.1) is 0 Å². The highest BCUT2D eigenvalue weighted by Gasteiger charge is 2.15. The number of amides is 1. The molecule has 1 amide bonds. The third kappa shape index (κ3) is 5.13. The number of fused-ring (bicyclic) bond motifs is 1. The number of anilines is 1. The molecule has 3 aromatic carbocycles. The Balaban J connectivity index is 1.72. The van der Waals surface area contributed by atoms with E-state index in [1.807, 2.05) is 62.4 Å². The molecule has 0 aliphatic carbocycles. The molecule has 33 heavy (non-hydrogen) atoms. The van der Waals surface area contributed by atoms with E-state index in [-0.39, 0.29) is 17.2 Å². The second-order valence-corrected chi connectivity index (χ2v) is 8.72. The van der Waals surface area contributed by atoms with Crippen LogP contribution in [0.2, 0.25) is 0 Å². The molecule has 6 nitrogen and oxygen atoms in total. The van der Waals surface area contributed by atoms with Crippen LogP contribution in [0.15, 0.2) is 76.7 Å². The normalized spacial score (nSPS) is 10.7. The first-order valence-electron chi connectivity index (χ1n) is 10.4. The van der Waals surface area contributed by atoms with Crippen molar-refractivity contribution in [3.8, 4) is 6.07 Å². The number of aryl methyl sites for hydroxylation is 2. The lowest BCUT2D eigenvalue weighted by atomic mass is 10.1. The first-order chi connectivity index (χ1) is 15.9. The maximum Gasteiger partial charge on any atom is 0.262 e. The summed E-state index contributed by atoms with van der Waals surface area (Å²) in [5.74, 6) is -0.108. The van der Waals surface area contributed by atoms with E-state index >= 15 is 0 Å². The van der Waals surface area contributed by atoms with Crippen LogP contribution in [0.25, 0.3) is 10.9 Å². The lowest BCUT2D eigenvalue weighted by molar-refractivity contribution is 0.102. The lowest BCUT2D eigenvalue weighted by Crippen LogP contribution is -2.24. The summed E-state index contributed by atoms with van der Waals surface area (Å²) in [6.45, 7) is 4.30. The van der Waals surface area contributed by atoms with Gasteiger partial charge in [0.05, 0.1) is 29.3 Å². The molecule has 0 bridgehead atoms. The van der Waals surface area contributed by atoms with Crippen LogP contribution in [-0.2, 0) is 6.54 Å². The number of nitrogens with one attached hydrogen (secondary N) is 1. The molecule has 1 heterocycles. The van der Waals surface area contributed by atoms with E-state index < -0.39 is 0 Å². The number of nitrogens with zero attached hydrogens (tertiary/aromatic N) is 3. The molecule has 0 atom stereocenters. The molecule has 0 saturated carbocycles. The van der Waals surface area contributed by atoms with Crippen LogP contribution in [0.5, 0.6) is 0 Å². The first-order valence-corrected chi connectivity index (χ1v) is 11.4. The molecule has 0 radical (unpaired) electrons. The van der Waals surface area contributed by atoms with Gasteiger partial charge < -0.3 is 5.32 Å². The Labute approximate surface area is 195 Å². The van der Waals surface area contributed by atoms with Gasteiger partial charge in [-0.2, -0.15) is 5.26 Å². The topological polar surface area (TPSA) is 87.8 Å². The van der Waals surface area contributed by atoms with Crippen molar-refractivity contribution in [2.24, 2.45) is 0 Å². The smallest absolute Gasteiger partial charge is 0.262 e. The van der Waals surface area contributed by atoms with E-state index in [0.717, 1.165) is 16.7 Å². The van der Waals surface area contributed by atoms with E-state index in [4.69, 9.17) is 5.26 Å². The molecule has 164 valence electrons. The van der Waals surface area contributed by atoms with Gasteiger partial charge in [0.15, 0.2) is 5.16 Å². The molecule has 0 aliphatic rings. The number of aromatic nitrogens is 2. The zero-order valence-corrected chi connectivity index (χ0v) is 19.1. The fraction of sp³-hybridized carbons (Fsp3) is 0.154. The van der Waals surface area contributed by atoms with Crippen molar-refractivity contribution >= 4 is 34.3 Å². The van der Waals surface area contributed by atoms with Crippen molar-refractivity contribution in [1.82, 2.24) is 9.55 Å². The van der Waals surface area contributed by atoms with Crippen LogP contribution >= 0.6 is 11.8 Å². The van der Waals surface area contributed by atoms with Crippen molar-refractivity contribution < 1.29 is 4.79 Å². The third-order valence-electron chi connectivity index (χ3n) is 5.11. The van der Waals surface area contributed by atoms with Crippen molar-refractivity contribution in [2.75, 3.05) is 11.1 Å². The van der Waals surface area contributed by atoms with Gasteiger partial charge in [-0.05, 0) is 60.9 Å². The Kier molecular flexibility index (Phi) is 6.57. The molecule has 1 N–H and O–H groups in total. The van der Waals surface area contributed by atoms with E-state index in [0.29, 0.717) is 33.9 Å². The highest BCUT2D eigenvalue weighted by molar-refractivity contribution is 7.99. The molecular formula is C26H22N4O2S. The van der Waals surface area contributed by atoms with Gasteiger partial charge >= 0.3 is 0 Å². The van der Waals surface area contributed by atoms with E-state index in [2.05, 4.69) is 16.4 Å². The summed E-state index contributed by atoms with van der Waals surface area (Å²) in [7, 11) is 0. The SMILES string of the molecule is Cc1cc(C)cc(NC(=O)c2ccc3c(=O)n(Cc4ccccc4)c(SCC#N)nc3c2)c1. The van der Waals surface area contributed by atoms with Crippen LogP contribution in [0.3, 0.4) is 0 Å². The van der Waals surface area contributed by atoms with Gasteiger partial charge in [0, 0.05) is 11.3 Å². The first kappa shape index (κ1) is 22.3. The fourth-order valence-electron chi connectivity index (χ4n) is 3.70. The van der Waals surface area contributed by atoms with E-state index in [9.17, 15) is 9.59 Å². The summed E-state index contributed by atoms with van der Waals surface area (Å²) in [5, 5.41) is 12.8. The summed E-state index contributed by atoms with van der Waals surface area (Å²) in [6.07, 6.45) is 0. The van der Waals surface area contributed by atoms with Crippen LogP contribution in [0.4, 0.5) is 5.69 Å². The average Bonchev–Trinajstić information content (AvgIpc) is 2.79. The van der Waals surface area contributed by atoms with Crippen LogP contribution in [0, 0.1) is 25.2 Å². The van der Waals surface area contributed by atoms with Gasteiger partial charge in [0.2, 0.25) is 0 Å². The number of nitriles is 1. The maximum absolute atomic E-state index is 13.3. The quantitative estimate of drug-likeness (QED) is 0.330. The summed E-state index contributed by atoms with van der Waals surface area (Å²) >= 11 is 1.21. The molecule has 7 heteroatoms. The summed E-state index contributed by atoms with van der Waals surface area (Å²) in [6, 6.07) is 22.5. The molecule has 4 aromatic rings. The van der Waals surface area contributed by atoms with E-state index in [1.54, 1.807) is 22.8 Å². The summed E-state index contributed by atoms with van der Waals surface area (Å²) < 4.78 is 1.58. The molecular weight excluding hydrogens is 432 g/mol. The second-order valence-electron chi connectivity index (χ2n) is 7.78. The Morgan fingerprint density at radius 1 is 1.06 bits per heavy atom. The molecule has 0 saturated heterocycles. The minimum Gasteiger partial charge on any atom is -0.322 e. The van der Waals surface area contributed by atoms with Crippen molar-refractivity contribution in [1.29, 1.82) is 5.26 Å². The Hall–Kier alpha value is -3.89. The minimum absolute atomic E-state index is 0.166. The Morgan fingerprint density at radius 2 is 1.79 bits per heavy atom. The molecule has 1 aromatic heterocycles. The van der Waals surface area contributed by atoms with Gasteiger partial charge in [-0.1, -0.05) is 48.2 Å². The second kappa shape index (κ2) is 9.72. The highest BCUT2D eigenvalue weighted by Crippen LogP contribution is 2.21. The number of thioether (sulfide) groups is 1. The predicted octanol–water partition coefficient (Wildman–Crippen LogP) is 4.93. The van der Waals surface area contributed by atoms with Crippen molar-refractivity contribution in [3.63, 3.8) is 0 Å². The summed E-state index contributed by atoms with van der Waals surface area (Å²) in [4.78, 5) is 30.8. The lowest BCUT2D eigenvalue weighted by Gasteiger charge is -2.13. The van der Waals surface area contributed by atoms with Gasteiger partial charge in [0.25, 0.3) is 11.5 Å². The number of carbonyl (C=O) groups excluding carboxylic acids is 1. The van der Waals surface area contributed by atoms with Crippen LogP contribution < -0.4 is 10.9 Å². The Bertz CT molecular complexity index is 1420. The molecule has 0 unspecified atom stereocenters. The number of hydrogen-bond donors (Lipinski definition) is 1. The minimum atomic E-state index is -0.275.